The van der Waals surface area contributed by atoms with Crippen molar-refractivity contribution in [2.24, 2.45) is 11.7 Å². The Morgan fingerprint density at radius 1 is 1.25 bits per heavy atom. The molecule has 1 aliphatic carbocycles. The van der Waals surface area contributed by atoms with E-state index in [4.69, 9.17) is 24.1 Å². The first-order valence-electron chi connectivity index (χ1n) is 13.0. The summed E-state index contributed by atoms with van der Waals surface area (Å²) < 4.78 is 40.3. The molecule has 0 radical (unpaired) electrons. The Kier molecular flexibility index (Phi) is 5.60. The minimum Gasteiger partial charge on any atom is -0.494 e. The van der Waals surface area contributed by atoms with Gasteiger partial charge in [-0.1, -0.05) is 12.1 Å². The van der Waals surface area contributed by atoms with E-state index in [2.05, 4.69) is 20.7 Å². The van der Waals surface area contributed by atoms with Gasteiger partial charge in [-0.3, -0.25) is 14.3 Å². The van der Waals surface area contributed by atoms with Gasteiger partial charge in [-0.15, -0.1) is 0 Å². The number of carbonyl (C=O) groups is 2. The number of benzene rings is 1. The molecule has 1 saturated heterocycles. The number of hydrogen-bond acceptors (Lipinski definition) is 8. The van der Waals surface area contributed by atoms with Gasteiger partial charge in [0, 0.05) is 42.5 Å². The number of hydrogen-bond donors (Lipinski definition) is 3. The molecule has 0 spiro atoms. The van der Waals surface area contributed by atoms with Crippen LogP contribution in [0.2, 0.25) is 0 Å². The van der Waals surface area contributed by atoms with E-state index in [-0.39, 0.29) is 30.6 Å². The third-order valence-corrected chi connectivity index (χ3v) is 6.26. The number of aromatic nitrogens is 3. The zero-order valence-electron chi connectivity index (χ0n) is 22.6. The van der Waals surface area contributed by atoms with Gasteiger partial charge in [-0.05, 0) is 18.9 Å². The first kappa shape index (κ1) is 20.3. The molecule has 1 aromatic carbocycles. The lowest BCUT2D eigenvalue weighted by Gasteiger charge is -2.17. The van der Waals surface area contributed by atoms with Gasteiger partial charge < -0.3 is 30.6 Å². The van der Waals surface area contributed by atoms with Crippen LogP contribution in [0.5, 0.6) is 5.75 Å². The quantitative estimate of drug-likeness (QED) is 0.411. The fourth-order valence-corrected chi connectivity index (χ4v) is 4.17. The van der Waals surface area contributed by atoms with Gasteiger partial charge in [-0.2, -0.15) is 5.10 Å². The topological polar surface area (TPSA) is 143 Å². The average molecular weight is 496 g/mol. The van der Waals surface area contributed by atoms with E-state index in [9.17, 15) is 9.59 Å². The molecular weight excluding hydrogens is 464 g/mol. The highest BCUT2D eigenvalue weighted by Gasteiger charge is 2.31. The molecule has 1 aliphatic heterocycles. The van der Waals surface area contributed by atoms with Crippen molar-refractivity contribution in [1.29, 1.82) is 0 Å². The number of para-hydroxylation sites is 1. The van der Waals surface area contributed by atoms with Crippen molar-refractivity contribution in [3.8, 4) is 16.9 Å². The highest BCUT2D eigenvalue weighted by Crippen LogP contribution is 2.39. The lowest BCUT2D eigenvalue weighted by Crippen LogP contribution is -2.24. The smallest absolute Gasteiger partial charge is 0.252 e. The molecule has 36 heavy (non-hydrogen) atoms. The molecule has 0 unspecified atom stereocenters. The largest absolute Gasteiger partial charge is 0.494 e. The fraction of sp³-hybridized carbons (Fsp3) is 0.360. The molecular formula is C25H28N6O5. The molecule has 2 aliphatic rings. The zero-order valence-corrected chi connectivity index (χ0v) is 19.6. The van der Waals surface area contributed by atoms with Crippen molar-refractivity contribution >= 4 is 29.0 Å². The molecule has 5 rings (SSSR count). The molecule has 2 atom stereocenters. The summed E-state index contributed by atoms with van der Waals surface area (Å²) in [6.45, 7) is 0.413. The van der Waals surface area contributed by atoms with E-state index in [1.165, 1.54) is 13.3 Å². The second kappa shape index (κ2) is 9.96. The van der Waals surface area contributed by atoms with E-state index in [1.54, 1.807) is 35.3 Å². The van der Waals surface area contributed by atoms with Crippen molar-refractivity contribution in [2.75, 3.05) is 38.0 Å². The summed E-state index contributed by atoms with van der Waals surface area (Å²) in [5.74, 6) is -0.0536. The third kappa shape index (κ3) is 4.75. The van der Waals surface area contributed by atoms with Crippen LogP contribution >= 0.6 is 0 Å². The van der Waals surface area contributed by atoms with Crippen molar-refractivity contribution in [2.45, 2.75) is 25.0 Å². The summed E-state index contributed by atoms with van der Waals surface area (Å²) in [6.07, 6.45) is 5.74. The van der Waals surface area contributed by atoms with Crippen LogP contribution in [-0.4, -0.2) is 60.0 Å². The highest BCUT2D eigenvalue weighted by atomic mass is 16.5. The summed E-state index contributed by atoms with van der Waals surface area (Å²) in [4.78, 5) is 28.5. The summed E-state index contributed by atoms with van der Waals surface area (Å²) in [7, 11) is -1.03. The number of methoxy groups -OCH3 is 2. The Hall–Kier alpha value is -3.96. The number of amides is 2. The number of nitrogens with one attached hydrogen (secondary N) is 2. The predicted octanol–water partition coefficient (Wildman–Crippen LogP) is 2.73. The van der Waals surface area contributed by atoms with Gasteiger partial charge in [0.2, 0.25) is 5.91 Å². The summed E-state index contributed by atoms with van der Waals surface area (Å²) in [5, 5.41) is 10.4. The predicted molar refractivity (Wildman–Crippen MR) is 132 cm³/mol. The summed E-state index contributed by atoms with van der Waals surface area (Å²) >= 11 is 0. The van der Waals surface area contributed by atoms with E-state index in [1.807, 2.05) is 6.07 Å². The molecule has 188 valence electrons. The minimum atomic E-state index is -2.55. The van der Waals surface area contributed by atoms with Crippen molar-refractivity contribution < 1.29 is 27.9 Å². The monoisotopic (exact) mass is 495 g/mol. The van der Waals surface area contributed by atoms with E-state index < -0.39 is 25.1 Å². The maximum atomic E-state index is 12.2. The maximum absolute atomic E-state index is 12.2. The van der Waals surface area contributed by atoms with E-state index >= 15 is 0 Å². The average Bonchev–Trinajstić information content (AvgIpc) is 3.46. The maximum Gasteiger partial charge on any atom is 0.252 e. The van der Waals surface area contributed by atoms with Crippen LogP contribution in [0.4, 0.5) is 17.2 Å². The molecule has 11 nitrogen and oxygen atoms in total. The highest BCUT2D eigenvalue weighted by molar-refractivity contribution is 6.01. The Bertz CT molecular complexity index is 1390. The first-order valence-corrected chi connectivity index (χ1v) is 11.5. The molecule has 11 heteroatoms. The number of carbonyl (C=O) groups excluding carboxylic acids is 2. The number of primary amides is 1. The van der Waals surface area contributed by atoms with Crippen molar-refractivity contribution in [1.82, 2.24) is 14.8 Å². The number of ether oxygens (including phenoxy) is 3. The number of anilines is 3. The van der Waals surface area contributed by atoms with Crippen LogP contribution in [0.25, 0.3) is 11.1 Å². The number of nitrogens with two attached hydrogens (primary N) is 1. The number of pyridine rings is 1. The Labute approximate surface area is 212 Å². The lowest BCUT2D eigenvalue weighted by atomic mass is 10.1. The number of rotatable bonds is 9. The van der Waals surface area contributed by atoms with Crippen LogP contribution in [-0.2, 0) is 14.3 Å². The van der Waals surface area contributed by atoms with Crippen LogP contribution in [0.1, 0.15) is 33.4 Å². The molecule has 2 fully saturated rings. The van der Waals surface area contributed by atoms with Gasteiger partial charge in [0.25, 0.3) is 5.91 Å². The lowest BCUT2D eigenvalue weighted by molar-refractivity contribution is -0.117. The fourth-order valence-electron chi connectivity index (χ4n) is 4.17. The third-order valence-electron chi connectivity index (χ3n) is 6.26. The molecule has 1 saturated carbocycles. The van der Waals surface area contributed by atoms with E-state index in [0.717, 1.165) is 12.8 Å². The van der Waals surface area contributed by atoms with Gasteiger partial charge in [0.15, 0.2) is 0 Å². The summed E-state index contributed by atoms with van der Waals surface area (Å²) in [5.41, 5.74) is 8.00. The van der Waals surface area contributed by atoms with Crippen molar-refractivity contribution in [3.05, 3.63) is 48.4 Å². The zero-order chi connectivity index (χ0) is 27.7. The molecule has 3 aromatic rings. The van der Waals surface area contributed by atoms with Crippen LogP contribution in [0, 0.1) is 5.92 Å². The van der Waals surface area contributed by atoms with E-state index in [0.29, 0.717) is 34.1 Å². The standard InChI is InChI=1S/C25H28N6O5/c1-34-21-13-36-12-20(21)31-11-15(9-28-31)16-4-3-5-18(23(16)35-2)29-19-8-22(27-10-17(19)24(26)32)30-25(33)14-6-7-14/h3-5,8-11,14,20-21H,6-7,12-13H2,1-2H3,(H2,26,32)(H2,27,29,30,33)/t20-,21-/m1/s1/i1D3. The van der Waals surface area contributed by atoms with Crippen LogP contribution < -0.4 is 21.1 Å². The second-order valence-corrected chi connectivity index (χ2v) is 8.72. The Balaban J connectivity index is 1.43. The van der Waals surface area contributed by atoms with Gasteiger partial charge >= 0.3 is 0 Å². The molecule has 3 heterocycles. The van der Waals surface area contributed by atoms with Gasteiger partial charge in [-0.25, -0.2) is 4.98 Å². The van der Waals surface area contributed by atoms with Crippen molar-refractivity contribution in [3.63, 3.8) is 0 Å². The minimum absolute atomic E-state index is 0.0113. The Morgan fingerprint density at radius 3 is 2.86 bits per heavy atom. The Morgan fingerprint density at radius 2 is 2.11 bits per heavy atom. The van der Waals surface area contributed by atoms with Crippen LogP contribution in [0.3, 0.4) is 0 Å². The summed E-state index contributed by atoms with van der Waals surface area (Å²) in [6, 6.07) is 6.56. The molecule has 0 bridgehead atoms. The van der Waals surface area contributed by atoms with Gasteiger partial charge in [0.1, 0.15) is 23.7 Å². The SMILES string of the molecule is [2H]C([2H])([2H])O[C@@H]1COC[C@H]1n1cc(-c2cccc(Nc3cc(NC(=O)C4CC4)ncc3C(N)=O)c2OC)cn1. The van der Waals surface area contributed by atoms with Crippen LogP contribution in [0.15, 0.2) is 42.9 Å². The normalized spacial score (nSPS) is 20.8. The number of nitrogens with zero attached hydrogens (tertiary/aromatic N) is 3. The van der Waals surface area contributed by atoms with Gasteiger partial charge in [0.05, 0.1) is 47.6 Å². The second-order valence-electron chi connectivity index (χ2n) is 8.72. The molecule has 2 aromatic heterocycles. The first-order chi connectivity index (χ1) is 18.6. The molecule has 2 amide bonds. The molecule has 4 N–H and O–H groups in total.